The van der Waals surface area contributed by atoms with E-state index < -0.39 is 11.5 Å². The molecule has 1 amide bonds. The van der Waals surface area contributed by atoms with Crippen molar-refractivity contribution in [2.45, 2.75) is 57.9 Å². The Morgan fingerprint density at radius 3 is 2.50 bits per heavy atom. The maximum atomic E-state index is 12.3. The first kappa shape index (κ1) is 13.4. The monoisotopic (exact) mass is 253 g/mol. The van der Waals surface area contributed by atoms with Gasteiger partial charge in [-0.25, -0.2) is 4.79 Å². The highest BCUT2D eigenvalue weighted by atomic mass is 16.4. The third-order valence-corrected chi connectivity index (χ3v) is 4.70. The van der Waals surface area contributed by atoms with Crippen molar-refractivity contribution in [2.75, 3.05) is 0 Å². The van der Waals surface area contributed by atoms with Crippen LogP contribution in [0.4, 0.5) is 0 Å². The highest BCUT2D eigenvalue weighted by molar-refractivity contribution is 5.88. The molecule has 2 rings (SSSR count). The molecule has 0 radical (unpaired) electrons. The van der Waals surface area contributed by atoms with E-state index in [2.05, 4.69) is 5.32 Å². The van der Waals surface area contributed by atoms with E-state index in [0.29, 0.717) is 18.3 Å². The Labute approximate surface area is 108 Å². The predicted octanol–water partition coefficient (Wildman–Crippen LogP) is 2.18. The van der Waals surface area contributed by atoms with Crippen LogP contribution in [0.3, 0.4) is 0 Å². The summed E-state index contributed by atoms with van der Waals surface area (Å²) >= 11 is 0. The van der Waals surface area contributed by atoms with Crippen LogP contribution in [0, 0.1) is 17.8 Å². The van der Waals surface area contributed by atoms with Crippen molar-refractivity contribution in [3.63, 3.8) is 0 Å². The average molecular weight is 253 g/mol. The van der Waals surface area contributed by atoms with Gasteiger partial charge < -0.3 is 10.4 Å². The average Bonchev–Trinajstić information content (AvgIpc) is 2.90. The van der Waals surface area contributed by atoms with Crippen LogP contribution in [0.1, 0.15) is 52.4 Å². The van der Waals surface area contributed by atoms with Crippen LogP contribution in [-0.4, -0.2) is 22.5 Å². The van der Waals surface area contributed by atoms with Gasteiger partial charge in [-0.1, -0.05) is 19.8 Å². The molecule has 18 heavy (non-hydrogen) atoms. The second-order valence-corrected chi connectivity index (χ2v) is 6.16. The number of hydrogen-bond acceptors (Lipinski definition) is 2. The summed E-state index contributed by atoms with van der Waals surface area (Å²) in [6.07, 6.45) is 5.74. The zero-order valence-electron chi connectivity index (χ0n) is 11.2. The predicted molar refractivity (Wildman–Crippen MR) is 68.0 cm³/mol. The van der Waals surface area contributed by atoms with Gasteiger partial charge in [0.05, 0.1) is 0 Å². The summed E-state index contributed by atoms with van der Waals surface area (Å²) in [7, 11) is 0. The number of carboxylic acids is 1. The Balaban J connectivity index is 1.99. The summed E-state index contributed by atoms with van der Waals surface area (Å²) in [6.45, 7) is 3.55. The number of carbonyl (C=O) groups excluding carboxylic acids is 1. The highest BCUT2D eigenvalue weighted by Crippen LogP contribution is 2.48. The SMILES string of the molecule is CCCC(C)(NC(=O)C1CC2CCC1C2)C(=O)O. The lowest BCUT2D eigenvalue weighted by Gasteiger charge is -2.29. The van der Waals surface area contributed by atoms with Crippen LogP contribution < -0.4 is 5.32 Å². The Bertz CT molecular complexity index is 355. The fourth-order valence-electron chi connectivity index (χ4n) is 3.65. The third-order valence-electron chi connectivity index (χ3n) is 4.70. The van der Waals surface area contributed by atoms with Gasteiger partial charge in [0.25, 0.3) is 0 Å². The lowest BCUT2D eigenvalue weighted by molar-refractivity contribution is -0.148. The Morgan fingerprint density at radius 2 is 2.06 bits per heavy atom. The minimum atomic E-state index is -1.10. The van der Waals surface area contributed by atoms with Gasteiger partial charge in [0.1, 0.15) is 5.54 Å². The molecule has 0 aromatic carbocycles. The van der Waals surface area contributed by atoms with Crippen molar-refractivity contribution >= 4 is 11.9 Å². The van der Waals surface area contributed by atoms with Crippen molar-refractivity contribution in [1.29, 1.82) is 0 Å². The number of aliphatic carboxylic acids is 1. The van der Waals surface area contributed by atoms with Crippen molar-refractivity contribution in [3.8, 4) is 0 Å². The zero-order chi connectivity index (χ0) is 13.3. The fraction of sp³-hybridized carbons (Fsp3) is 0.857. The Hall–Kier alpha value is -1.06. The Morgan fingerprint density at radius 1 is 1.33 bits per heavy atom. The van der Waals surface area contributed by atoms with Gasteiger partial charge in [0.15, 0.2) is 0 Å². The molecule has 2 aliphatic carbocycles. The first-order valence-corrected chi connectivity index (χ1v) is 7.01. The number of carbonyl (C=O) groups is 2. The van der Waals surface area contributed by atoms with Crippen molar-refractivity contribution in [1.82, 2.24) is 5.32 Å². The van der Waals surface area contributed by atoms with E-state index in [1.807, 2.05) is 6.92 Å². The number of hydrogen-bond donors (Lipinski definition) is 2. The normalized spacial score (nSPS) is 33.1. The molecule has 0 aromatic rings. The second kappa shape index (κ2) is 4.90. The molecule has 0 aromatic heterocycles. The summed E-state index contributed by atoms with van der Waals surface area (Å²) in [6, 6.07) is 0. The van der Waals surface area contributed by atoms with Crippen LogP contribution in [0.5, 0.6) is 0 Å². The highest BCUT2D eigenvalue weighted by Gasteiger charge is 2.45. The number of rotatable bonds is 5. The molecule has 102 valence electrons. The molecule has 2 aliphatic rings. The Kier molecular flexibility index (Phi) is 3.64. The molecule has 0 saturated heterocycles. The zero-order valence-corrected chi connectivity index (χ0v) is 11.2. The van der Waals surface area contributed by atoms with Crippen LogP contribution in [0.2, 0.25) is 0 Å². The molecule has 2 saturated carbocycles. The van der Waals surface area contributed by atoms with Gasteiger partial charge >= 0.3 is 5.97 Å². The van der Waals surface area contributed by atoms with Gasteiger partial charge in [-0.05, 0) is 44.4 Å². The van der Waals surface area contributed by atoms with E-state index >= 15 is 0 Å². The third kappa shape index (κ3) is 2.38. The number of fused-ring (bicyclic) bond motifs is 2. The number of amides is 1. The quantitative estimate of drug-likeness (QED) is 0.789. The minimum Gasteiger partial charge on any atom is -0.480 e. The van der Waals surface area contributed by atoms with Crippen LogP contribution in [0.15, 0.2) is 0 Å². The summed E-state index contributed by atoms with van der Waals surface area (Å²) in [4.78, 5) is 23.6. The van der Waals surface area contributed by atoms with Gasteiger partial charge in [-0.2, -0.15) is 0 Å². The first-order valence-electron chi connectivity index (χ1n) is 7.01. The molecular formula is C14H23NO3. The molecule has 0 aliphatic heterocycles. The molecule has 2 bridgehead atoms. The molecule has 0 spiro atoms. The smallest absolute Gasteiger partial charge is 0.329 e. The largest absolute Gasteiger partial charge is 0.480 e. The van der Waals surface area contributed by atoms with Crippen molar-refractivity contribution in [3.05, 3.63) is 0 Å². The van der Waals surface area contributed by atoms with E-state index in [4.69, 9.17) is 0 Å². The molecule has 2 fully saturated rings. The van der Waals surface area contributed by atoms with E-state index in [1.54, 1.807) is 6.92 Å². The summed E-state index contributed by atoms with van der Waals surface area (Å²) in [5.74, 6) is 0.281. The van der Waals surface area contributed by atoms with Crippen molar-refractivity contribution < 1.29 is 14.7 Å². The van der Waals surface area contributed by atoms with Crippen molar-refractivity contribution in [2.24, 2.45) is 17.8 Å². The second-order valence-electron chi connectivity index (χ2n) is 6.16. The summed E-state index contributed by atoms with van der Waals surface area (Å²) in [5, 5.41) is 12.1. The lowest BCUT2D eigenvalue weighted by Crippen LogP contribution is -2.54. The maximum Gasteiger partial charge on any atom is 0.329 e. The van der Waals surface area contributed by atoms with Gasteiger partial charge in [0, 0.05) is 5.92 Å². The summed E-state index contributed by atoms with van der Waals surface area (Å²) < 4.78 is 0. The van der Waals surface area contributed by atoms with Gasteiger partial charge in [-0.15, -0.1) is 0 Å². The molecule has 0 heterocycles. The summed E-state index contributed by atoms with van der Waals surface area (Å²) in [5.41, 5.74) is -1.10. The van der Waals surface area contributed by atoms with Gasteiger partial charge in [-0.3, -0.25) is 4.79 Å². The maximum absolute atomic E-state index is 12.3. The van der Waals surface area contributed by atoms with E-state index in [-0.39, 0.29) is 11.8 Å². The van der Waals surface area contributed by atoms with E-state index in [9.17, 15) is 14.7 Å². The van der Waals surface area contributed by atoms with E-state index in [1.165, 1.54) is 6.42 Å². The number of nitrogens with one attached hydrogen (secondary N) is 1. The van der Waals surface area contributed by atoms with Crippen LogP contribution in [0.25, 0.3) is 0 Å². The number of carboxylic acid groups (broad SMARTS) is 1. The van der Waals surface area contributed by atoms with Gasteiger partial charge in [0.2, 0.25) is 5.91 Å². The standard InChI is InChI=1S/C14H23NO3/c1-3-6-14(2,13(17)18)15-12(16)11-8-9-4-5-10(11)7-9/h9-11H,3-8H2,1-2H3,(H,15,16)(H,17,18). The minimum absolute atomic E-state index is 0.0412. The first-order chi connectivity index (χ1) is 8.46. The molecular weight excluding hydrogens is 230 g/mol. The molecule has 4 nitrogen and oxygen atoms in total. The topological polar surface area (TPSA) is 66.4 Å². The molecule has 4 heteroatoms. The molecule has 2 N–H and O–H groups in total. The van der Waals surface area contributed by atoms with Crippen LogP contribution in [-0.2, 0) is 9.59 Å². The lowest BCUT2D eigenvalue weighted by atomic mass is 9.86. The molecule has 4 atom stereocenters. The fourth-order valence-corrected chi connectivity index (χ4v) is 3.65. The van der Waals surface area contributed by atoms with E-state index in [0.717, 1.165) is 25.7 Å². The molecule has 4 unspecified atom stereocenters. The van der Waals surface area contributed by atoms with Crippen LogP contribution >= 0.6 is 0 Å².